The van der Waals surface area contributed by atoms with E-state index in [0.717, 1.165) is 29.9 Å². The number of carbonyl (C=O) groups excluding carboxylic acids is 1. The molecule has 1 atom stereocenters. The van der Waals surface area contributed by atoms with Crippen LogP contribution in [0.1, 0.15) is 35.9 Å². The molecule has 0 radical (unpaired) electrons. The van der Waals surface area contributed by atoms with Crippen LogP contribution in [0.25, 0.3) is 0 Å². The fourth-order valence-electron chi connectivity index (χ4n) is 3.27. The minimum atomic E-state index is -0.0551. The number of nitrogens with zero attached hydrogens (tertiary/aromatic N) is 3. The van der Waals surface area contributed by atoms with E-state index in [1.165, 1.54) is 0 Å². The average molecular weight is 351 g/mol. The number of rotatable bonds is 7. The number of hydrogen-bond acceptors (Lipinski definition) is 3. The minimum absolute atomic E-state index is 0.0147. The Hall–Kier alpha value is -2.82. The molecule has 0 unspecified atom stereocenters. The Labute approximate surface area is 154 Å². The van der Waals surface area contributed by atoms with Gasteiger partial charge < -0.3 is 9.64 Å². The lowest BCUT2D eigenvalue weighted by atomic mass is 10.1. The minimum Gasteiger partial charge on any atom is -0.492 e. The molecule has 0 saturated heterocycles. The van der Waals surface area contributed by atoms with Gasteiger partial charge in [0.05, 0.1) is 18.3 Å². The summed E-state index contributed by atoms with van der Waals surface area (Å²) in [6.45, 7) is 11.3. The molecule has 5 nitrogen and oxygen atoms in total. The van der Waals surface area contributed by atoms with Crippen LogP contribution in [-0.4, -0.2) is 33.2 Å². The summed E-state index contributed by atoms with van der Waals surface area (Å²) in [5, 5.41) is 4.53. The zero-order chi connectivity index (χ0) is 18.5. The van der Waals surface area contributed by atoms with Gasteiger partial charge in [0.1, 0.15) is 18.0 Å². The number of allylic oxidation sites excluding steroid dienone is 6. The SMILES string of the molecule is C=C/C=C(\C=C)[C@@H](C)N1CCn2nc(COC3=CC=CCC3)cc2C1=O. The van der Waals surface area contributed by atoms with Crippen molar-refractivity contribution in [3.63, 3.8) is 0 Å². The summed E-state index contributed by atoms with van der Waals surface area (Å²) in [7, 11) is 0. The second-order valence-corrected chi connectivity index (χ2v) is 6.41. The highest BCUT2D eigenvalue weighted by Crippen LogP contribution is 2.21. The van der Waals surface area contributed by atoms with Crippen LogP contribution >= 0.6 is 0 Å². The van der Waals surface area contributed by atoms with Crippen molar-refractivity contribution < 1.29 is 9.53 Å². The normalized spacial score (nSPS) is 18.2. The van der Waals surface area contributed by atoms with E-state index in [-0.39, 0.29) is 11.9 Å². The smallest absolute Gasteiger partial charge is 0.272 e. The molecule has 26 heavy (non-hydrogen) atoms. The van der Waals surface area contributed by atoms with E-state index >= 15 is 0 Å². The van der Waals surface area contributed by atoms with Crippen LogP contribution in [0, 0.1) is 0 Å². The molecule has 136 valence electrons. The van der Waals surface area contributed by atoms with Crippen LogP contribution in [0.15, 0.2) is 67.0 Å². The zero-order valence-electron chi connectivity index (χ0n) is 15.2. The van der Waals surface area contributed by atoms with Crippen molar-refractivity contribution >= 4 is 5.91 Å². The molecule has 0 spiro atoms. The lowest BCUT2D eigenvalue weighted by Gasteiger charge is -2.33. The molecule has 1 aliphatic carbocycles. The fourth-order valence-corrected chi connectivity index (χ4v) is 3.27. The Morgan fingerprint density at radius 2 is 2.27 bits per heavy atom. The van der Waals surface area contributed by atoms with Crippen LogP contribution in [0.5, 0.6) is 0 Å². The summed E-state index contributed by atoms with van der Waals surface area (Å²) in [5.41, 5.74) is 2.37. The number of hydrogen-bond donors (Lipinski definition) is 0. The van der Waals surface area contributed by atoms with Gasteiger partial charge in [0.2, 0.25) is 0 Å². The quantitative estimate of drug-likeness (QED) is 0.703. The Morgan fingerprint density at radius 3 is 2.96 bits per heavy atom. The largest absolute Gasteiger partial charge is 0.492 e. The van der Waals surface area contributed by atoms with Crippen LogP contribution in [0.3, 0.4) is 0 Å². The molecular weight excluding hydrogens is 326 g/mol. The molecule has 2 heterocycles. The van der Waals surface area contributed by atoms with Crippen molar-refractivity contribution in [2.45, 2.75) is 39.0 Å². The fraction of sp³-hybridized carbons (Fsp3) is 0.333. The number of fused-ring (bicyclic) bond motifs is 1. The van der Waals surface area contributed by atoms with Gasteiger partial charge >= 0.3 is 0 Å². The summed E-state index contributed by atoms with van der Waals surface area (Å²) >= 11 is 0. The number of aromatic nitrogens is 2. The molecule has 1 aliphatic heterocycles. The van der Waals surface area contributed by atoms with Gasteiger partial charge in [0.25, 0.3) is 5.91 Å². The zero-order valence-corrected chi connectivity index (χ0v) is 15.2. The third-order valence-electron chi connectivity index (χ3n) is 4.74. The summed E-state index contributed by atoms with van der Waals surface area (Å²) in [6, 6.07) is 1.78. The third kappa shape index (κ3) is 3.72. The van der Waals surface area contributed by atoms with E-state index in [1.807, 2.05) is 36.1 Å². The molecule has 0 bridgehead atoms. The lowest BCUT2D eigenvalue weighted by Crippen LogP contribution is -2.46. The van der Waals surface area contributed by atoms with Gasteiger partial charge in [-0.05, 0) is 31.1 Å². The predicted molar refractivity (Wildman–Crippen MR) is 102 cm³/mol. The van der Waals surface area contributed by atoms with Crippen LogP contribution in [0.2, 0.25) is 0 Å². The molecule has 1 aromatic heterocycles. The molecule has 0 aromatic carbocycles. The van der Waals surface area contributed by atoms with Gasteiger partial charge in [-0.15, -0.1) is 0 Å². The maximum atomic E-state index is 12.9. The topological polar surface area (TPSA) is 47.4 Å². The first-order valence-electron chi connectivity index (χ1n) is 8.95. The summed E-state index contributed by atoms with van der Waals surface area (Å²) in [6.07, 6.45) is 13.4. The van der Waals surface area contributed by atoms with Gasteiger partial charge in [-0.25, -0.2) is 0 Å². The molecule has 1 amide bonds. The molecule has 2 aliphatic rings. The standard InChI is InChI=1S/C21H25N3O2/c1-4-9-17(5-2)16(3)23-12-13-24-20(21(23)25)14-18(22-24)15-26-19-10-7-6-8-11-19/h4-7,9-10,14,16H,1-2,8,11-13,15H2,3H3/b17-9+/t16-/m1/s1. The summed E-state index contributed by atoms with van der Waals surface area (Å²) in [5.74, 6) is 0.948. The van der Waals surface area contributed by atoms with Crippen LogP contribution in [-0.2, 0) is 17.9 Å². The Balaban J connectivity index is 1.72. The number of carbonyl (C=O) groups is 1. The summed E-state index contributed by atoms with van der Waals surface area (Å²) in [4.78, 5) is 14.8. The maximum Gasteiger partial charge on any atom is 0.272 e. The highest BCUT2D eigenvalue weighted by molar-refractivity contribution is 5.93. The first-order chi connectivity index (χ1) is 12.6. The Kier molecular flexibility index (Phi) is 5.56. The molecule has 0 fully saturated rings. The van der Waals surface area contributed by atoms with Gasteiger partial charge in [-0.1, -0.05) is 43.5 Å². The highest BCUT2D eigenvalue weighted by Gasteiger charge is 2.30. The van der Waals surface area contributed by atoms with Crippen molar-refractivity contribution in [3.8, 4) is 0 Å². The van der Waals surface area contributed by atoms with Gasteiger partial charge in [0, 0.05) is 13.0 Å². The van der Waals surface area contributed by atoms with E-state index in [9.17, 15) is 4.79 Å². The van der Waals surface area contributed by atoms with Crippen LogP contribution in [0.4, 0.5) is 0 Å². The molecule has 1 aromatic rings. The van der Waals surface area contributed by atoms with Crippen molar-refractivity contribution in [3.05, 3.63) is 78.4 Å². The van der Waals surface area contributed by atoms with Gasteiger partial charge in [-0.2, -0.15) is 5.10 Å². The lowest BCUT2D eigenvalue weighted by molar-refractivity contribution is 0.0656. The monoisotopic (exact) mass is 351 g/mol. The van der Waals surface area contributed by atoms with Crippen LogP contribution < -0.4 is 0 Å². The molecule has 0 N–H and O–H groups in total. The van der Waals surface area contributed by atoms with Crippen molar-refractivity contribution in [1.29, 1.82) is 0 Å². The molecule has 5 heteroatoms. The second kappa shape index (κ2) is 8.04. The van der Waals surface area contributed by atoms with Crippen molar-refractivity contribution in [2.24, 2.45) is 0 Å². The van der Waals surface area contributed by atoms with E-state index in [0.29, 0.717) is 25.4 Å². The van der Waals surface area contributed by atoms with E-state index < -0.39 is 0 Å². The van der Waals surface area contributed by atoms with Crippen molar-refractivity contribution in [1.82, 2.24) is 14.7 Å². The van der Waals surface area contributed by atoms with E-state index in [2.05, 4.69) is 24.3 Å². The predicted octanol–water partition coefficient (Wildman–Crippen LogP) is 3.78. The molecular formula is C21H25N3O2. The number of amides is 1. The Morgan fingerprint density at radius 1 is 1.42 bits per heavy atom. The second-order valence-electron chi connectivity index (χ2n) is 6.41. The van der Waals surface area contributed by atoms with Gasteiger partial charge in [-0.3, -0.25) is 9.48 Å². The van der Waals surface area contributed by atoms with E-state index in [1.54, 1.807) is 16.8 Å². The summed E-state index contributed by atoms with van der Waals surface area (Å²) < 4.78 is 7.60. The maximum absolute atomic E-state index is 12.9. The highest BCUT2D eigenvalue weighted by atomic mass is 16.5. The van der Waals surface area contributed by atoms with E-state index in [4.69, 9.17) is 4.74 Å². The molecule has 0 saturated carbocycles. The van der Waals surface area contributed by atoms with Gasteiger partial charge in [0.15, 0.2) is 0 Å². The Bertz CT molecular complexity index is 798. The average Bonchev–Trinajstić information content (AvgIpc) is 3.09. The molecule has 3 rings (SSSR count). The third-order valence-corrected chi connectivity index (χ3v) is 4.74. The first-order valence-corrected chi connectivity index (χ1v) is 8.95. The first kappa shape index (κ1) is 18.0. The van der Waals surface area contributed by atoms with Crippen molar-refractivity contribution in [2.75, 3.05) is 6.54 Å². The number of ether oxygens (including phenoxy) is 1.